The minimum Gasteiger partial charge on any atom is -0.489 e. The van der Waals surface area contributed by atoms with Gasteiger partial charge in [-0.05, 0) is 84.5 Å². The van der Waals surface area contributed by atoms with E-state index in [1.165, 1.54) is 42.4 Å². The van der Waals surface area contributed by atoms with Gasteiger partial charge in [-0.2, -0.15) is 0 Å². The third kappa shape index (κ3) is 12.3. The molecule has 1 aliphatic rings. The highest BCUT2D eigenvalue weighted by atomic mass is 79.9. The molecule has 6 heteroatoms. The van der Waals surface area contributed by atoms with Crippen LogP contribution in [0.5, 0.6) is 11.5 Å². The quantitative estimate of drug-likeness (QED) is 0.0985. The van der Waals surface area contributed by atoms with Crippen LogP contribution in [0, 0.1) is 0 Å². The van der Waals surface area contributed by atoms with Crippen molar-refractivity contribution in [1.82, 2.24) is 5.32 Å². The number of aldehydes is 1. The van der Waals surface area contributed by atoms with Gasteiger partial charge in [0.1, 0.15) is 31.0 Å². The summed E-state index contributed by atoms with van der Waals surface area (Å²) in [5.74, 6) is 2.05. The van der Waals surface area contributed by atoms with E-state index in [9.17, 15) is 4.79 Å². The van der Waals surface area contributed by atoms with E-state index in [1.807, 2.05) is 72.8 Å². The fourth-order valence-corrected chi connectivity index (χ4v) is 8.05. The molecule has 55 heavy (non-hydrogen) atoms. The van der Waals surface area contributed by atoms with Crippen molar-refractivity contribution < 1.29 is 14.3 Å². The average Bonchev–Trinajstić information content (AvgIpc) is 3.76. The zero-order chi connectivity index (χ0) is 38.1. The maximum Gasteiger partial charge on any atom is 0.123 e. The Bertz CT molecular complexity index is 2020. The van der Waals surface area contributed by atoms with Gasteiger partial charge in [-0.25, -0.2) is 0 Å². The molecule has 1 fully saturated rings. The summed E-state index contributed by atoms with van der Waals surface area (Å²) in [6.45, 7) is 2.10. The molecular weight excluding hydrogens is 810 g/mol. The monoisotopic (exact) mass is 857 g/mol. The lowest BCUT2D eigenvalue weighted by Crippen LogP contribution is -2.28. The predicted octanol–water partition coefficient (Wildman–Crippen LogP) is 12.8. The van der Waals surface area contributed by atoms with Crippen molar-refractivity contribution in [2.75, 3.05) is 6.54 Å². The van der Waals surface area contributed by atoms with E-state index >= 15 is 0 Å². The van der Waals surface area contributed by atoms with E-state index in [1.54, 1.807) is 0 Å². The number of carbonyl (C=O) groups excluding carboxylic acids is 1. The Morgan fingerprint density at radius 2 is 1.02 bits per heavy atom. The van der Waals surface area contributed by atoms with Gasteiger partial charge in [0.15, 0.2) is 0 Å². The molecule has 0 radical (unpaired) electrons. The number of benzene rings is 6. The molecule has 7 rings (SSSR count). The summed E-state index contributed by atoms with van der Waals surface area (Å²) in [6.07, 6.45) is 7.81. The lowest BCUT2D eigenvalue weighted by molar-refractivity contribution is -0.108. The van der Waals surface area contributed by atoms with Gasteiger partial charge in [-0.1, -0.05) is 166 Å². The predicted molar refractivity (Wildman–Crippen MR) is 232 cm³/mol. The Morgan fingerprint density at radius 3 is 1.49 bits per heavy atom. The van der Waals surface area contributed by atoms with Gasteiger partial charge < -0.3 is 19.6 Å². The van der Waals surface area contributed by atoms with E-state index in [2.05, 4.69) is 122 Å². The smallest absolute Gasteiger partial charge is 0.123 e. The van der Waals surface area contributed by atoms with Gasteiger partial charge in [-0.15, -0.1) is 0 Å². The van der Waals surface area contributed by atoms with Crippen molar-refractivity contribution >= 4 is 38.1 Å². The molecule has 0 heterocycles. The second-order valence-corrected chi connectivity index (χ2v) is 15.8. The third-order valence-corrected chi connectivity index (χ3v) is 11.1. The van der Waals surface area contributed by atoms with Crippen LogP contribution in [0.2, 0.25) is 0 Å². The number of hydrogen-bond donors (Lipinski definition) is 1. The van der Waals surface area contributed by atoms with Crippen molar-refractivity contribution in [2.45, 2.75) is 69.6 Å². The second-order valence-electron chi connectivity index (χ2n) is 14.0. The van der Waals surface area contributed by atoms with Gasteiger partial charge >= 0.3 is 0 Å². The standard InChI is InChI=1S/C27H30BrNO.C22H19BrO2/c28-23-15-16-27(30-20-21-9-3-1-4-10-21)26(19-23)25(22-11-5-2-6-12-22)17-18-29-24-13-7-8-14-24;23-19-11-12-22(25-16-17-7-3-1-4-8-17)21(15-19)20(13-14-24)18-9-5-2-6-10-18/h1-6,9-12,15-16,19,24-25,29H,7-8,13-14,17-18,20H2;1-12,14-15,20H,13,16H2. The first-order valence-corrected chi connectivity index (χ1v) is 20.8. The highest BCUT2D eigenvalue weighted by molar-refractivity contribution is 9.10. The number of nitrogens with one attached hydrogen (secondary N) is 1. The Balaban J connectivity index is 0.000000190. The third-order valence-electron chi connectivity index (χ3n) is 10.1. The number of rotatable bonds is 16. The molecule has 2 atom stereocenters. The van der Waals surface area contributed by atoms with E-state index < -0.39 is 0 Å². The zero-order valence-electron chi connectivity index (χ0n) is 31.2. The molecule has 6 aromatic carbocycles. The molecule has 1 N–H and O–H groups in total. The zero-order valence-corrected chi connectivity index (χ0v) is 34.3. The van der Waals surface area contributed by atoms with Crippen molar-refractivity contribution in [3.05, 3.63) is 200 Å². The Hall–Kier alpha value is -4.49. The summed E-state index contributed by atoms with van der Waals surface area (Å²) >= 11 is 7.22. The summed E-state index contributed by atoms with van der Waals surface area (Å²) in [5, 5.41) is 3.79. The average molecular weight is 860 g/mol. The first-order valence-electron chi connectivity index (χ1n) is 19.3. The molecule has 0 bridgehead atoms. The summed E-state index contributed by atoms with van der Waals surface area (Å²) in [5.41, 5.74) is 7.02. The Labute approximate surface area is 343 Å². The van der Waals surface area contributed by atoms with Crippen molar-refractivity contribution in [1.29, 1.82) is 0 Å². The molecule has 1 aliphatic carbocycles. The summed E-state index contributed by atoms with van der Waals surface area (Å²) in [6, 6.07) is 54.4. The maximum atomic E-state index is 11.3. The Morgan fingerprint density at radius 1 is 0.582 bits per heavy atom. The van der Waals surface area contributed by atoms with Gasteiger partial charge in [0.2, 0.25) is 0 Å². The largest absolute Gasteiger partial charge is 0.489 e. The fraction of sp³-hybridized carbons (Fsp3) is 0.245. The first kappa shape index (κ1) is 40.2. The van der Waals surface area contributed by atoms with Crippen molar-refractivity contribution in [3.63, 3.8) is 0 Å². The van der Waals surface area contributed by atoms with E-state index in [4.69, 9.17) is 9.47 Å². The van der Waals surface area contributed by atoms with Gasteiger partial charge in [0, 0.05) is 44.4 Å². The molecule has 282 valence electrons. The molecule has 4 nitrogen and oxygen atoms in total. The molecule has 0 spiro atoms. The van der Waals surface area contributed by atoms with Crippen molar-refractivity contribution in [3.8, 4) is 11.5 Å². The molecule has 0 amide bonds. The first-order chi connectivity index (χ1) is 27.1. The summed E-state index contributed by atoms with van der Waals surface area (Å²) < 4.78 is 14.5. The molecule has 0 saturated heterocycles. The normalized spacial score (nSPS) is 13.6. The van der Waals surface area contributed by atoms with Crippen LogP contribution in [-0.2, 0) is 18.0 Å². The molecular formula is C49H49Br2NO3. The number of halogens is 2. The molecule has 6 aromatic rings. The molecule has 1 saturated carbocycles. The number of hydrogen-bond acceptors (Lipinski definition) is 4. The van der Waals surface area contributed by atoms with Crippen LogP contribution in [-0.4, -0.2) is 18.9 Å². The lowest BCUT2D eigenvalue weighted by atomic mass is 9.88. The van der Waals surface area contributed by atoms with Gasteiger partial charge in [0.05, 0.1) is 0 Å². The highest BCUT2D eigenvalue weighted by Crippen LogP contribution is 2.38. The van der Waals surface area contributed by atoms with Crippen LogP contribution in [0.25, 0.3) is 0 Å². The van der Waals surface area contributed by atoms with Crippen LogP contribution in [0.3, 0.4) is 0 Å². The topological polar surface area (TPSA) is 47.6 Å². The van der Waals surface area contributed by atoms with Crippen LogP contribution in [0.4, 0.5) is 0 Å². The number of ether oxygens (including phenoxy) is 2. The second kappa shape index (κ2) is 21.6. The van der Waals surface area contributed by atoms with Gasteiger partial charge in [-0.3, -0.25) is 0 Å². The molecule has 0 aromatic heterocycles. The minimum atomic E-state index is -0.0260. The highest BCUT2D eigenvalue weighted by Gasteiger charge is 2.22. The van der Waals surface area contributed by atoms with E-state index in [0.717, 1.165) is 56.4 Å². The van der Waals surface area contributed by atoms with Gasteiger partial charge in [0.25, 0.3) is 0 Å². The van der Waals surface area contributed by atoms with E-state index in [-0.39, 0.29) is 5.92 Å². The lowest BCUT2D eigenvalue weighted by Gasteiger charge is -2.23. The number of carbonyl (C=O) groups is 1. The fourth-order valence-electron chi connectivity index (χ4n) is 7.29. The van der Waals surface area contributed by atoms with Crippen LogP contribution in [0.15, 0.2) is 167 Å². The Kier molecular flexibility index (Phi) is 15.8. The van der Waals surface area contributed by atoms with Crippen LogP contribution >= 0.6 is 31.9 Å². The molecule has 2 unspecified atom stereocenters. The minimum absolute atomic E-state index is 0.0260. The van der Waals surface area contributed by atoms with Crippen LogP contribution in [0.1, 0.15) is 83.7 Å². The summed E-state index contributed by atoms with van der Waals surface area (Å²) in [7, 11) is 0. The molecule has 0 aliphatic heterocycles. The summed E-state index contributed by atoms with van der Waals surface area (Å²) in [4.78, 5) is 11.3. The van der Waals surface area contributed by atoms with Crippen LogP contribution < -0.4 is 14.8 Å². The van der Waals surface area contributed by atoms with Crippen molar-refractivity contribution in [2.24, 2.45) is 0 Å². The SMILES string of the molecule is Brc1ccc(OCc2ccccc2)c(C(CCNC2CCCC2)c2ccccc2)c1.O=CCC(c1ccccc1)c1cc(Br)ccc1OCc1ccccc1. The van der Waals surface area contributed by atoms with E-state index in [0.29, 0.717) is 31.6 Å². The maximum absolute atomic E-state index is 11.3.